The lowest BCUT2D eigenvalue weighted by molar-refractivity contribution is 0.101. The highest BCUT2D eigenvalue weighted by molar-refractivity contribution is 6.37. The van der Waals surface area contributed by atoms with E-state index in [0.717, 1.165) is 0 Å². The largest absolute Gasteiger partial charge is 0.293 e. The van der Waals surface area contributed by atoms with E-state index < -0.39 is 0 Å². The summed E-state index contributed by atoms with van der Waals surface area (Å²) in [6, 6.07) is 5.15. The van der Waals surface area contributed by atoms with E-state index in [1.807, 2.05) is 0 Å². The van der Waals surface area contributed by atoms with E-state index in [2.05, 4.69) is 10.3 Å². The lowest BCUT2D eigenvalue weighted by Crippen LogP contribution is -2.02. The first-order valence-corrected chi connectivity index (χ1v) is 5.65. The molecular formula is C11H9Cl2N3O. The number of ketones is 1. The van der Waals surface area contributed by atoms with Crippen molar-refractivity contribution < 1.29 is 4.79 Å². The van der Waals surface area contributed by atoms with Crippen LogP contribution in [-0.2, 0) is 0 Å². The molecule has 0 unspecified atom stereocenters. The maximum Gasteiger partial charge on any atom is 0.181 e. The zero-order valence-electron chi connectivity index (χ0n) is 9.24. The van der Waals surface area contributed by atoms with E-state index in [4.69, 9.17) is 23.2 Å². The second kappa shape index (κ2) is 4.47. The van der Waals surface area contributed by atoms with Crippen LogP contribution in [0, 0.1) is 6.92 Å². The Hall–Kier alpha value is -1.39. The van der Waals surface area contributed by atoms with E-state index in [9.17, 15) is 4.79 Å². The number of benzene rings is 1. The molecule has 0 fully saturated rings. The van der Waals surface area contributed by atoms with Crippen LogP contribution in [0.15, 0.2) is 18.2 Å². The van der Waals surface area contributed by atoms with Crippen molar-refractivity contribution >= 4 is 29.0 Å². The molecule has 4 nitrogen and oxygen atoms in total. The topological polar surface area (TPSA) is 47.8 Å². The Labute approximate surface area is 108 Å². The first kappa shape index (κ1) is 12.1. The van der Waals surface area contributed by atoms with Crippen molar-refractivity contribution in [1.82, 2.24) is 15.0 Å². The highest BCUT2D eigenvalue weighted by Crippen LogP contribution is 2.28. The minimum atomic E-state index is -0.142. The second-order valence-electron chi connectivity index (χ2n) is 3.56. The molecular weight excluding hydrogens is 261 g/mol. The van der Waals surface area contributed by atoms with E-state index >= 15 is 0 Å². The molecule has 1 heterocycles. The number of nitrogens with zero attached hydrogens (tertiary/aromatic N) is 3. The number of Topliss-reactive ketones (excluding diaryl/α,β-unsaturated/α-hetero) is 1. The molecule has 0 N–H and O–H groups in total. The number of carbonyl (C=O) groups excluding carboxylic acids is 1. The molecule has 17 heavy (non-hydrogen) atoms. The fourth-order valence-corrected chi connectivity index (χ4v) is 2.12. The van der Waals surface area contributed by atoms with Gasteiger partial charge in [0.2, 0.25) is 0 Å². The summed E-state index contributed by atoms with van der Waals surface area (Å²) in [5.41, 5.74) is 1.47. The van der Waals surface area contributed by atoms with Crippen LogP contribution in [0.2, 0.25) is 10.0 Å². The molecule has 1 aromatic carbocycles. The zero-order chi connectivity index (χ0) is 12.6. The molecule has 88 valence electrons. The third kappa shape index (κ3) is 2.06. The summed E-state index contributed by atoms with van der Waals surface area (Å²) in [7, 11) is 0. The number of halogens is 2. The van der Waals surface area contributed by atoms with Crippen LogP contribution in [0.1, 0.15) is 23.1 Å². The van der Waals surface area contributed by atoms with Gasteiger partial charge in [-0.05, 0) is 19.1 Å². The van der Waals surface area contributed by atoms with E-state index in [1.165, 1.54) is 11.6 Å². The summed E-state index contributed by atoms with van der Waals surface area (Å²) in [5.74, 6) is -0.142. The fraction of sp³-hybridized carbons (Fsp3) is 0.182. The van der Waals surface area contributed by atoms with Gasteiger partial charge in [0.25, 0.3) is 0 Å². The van der Waals surface area contributed by atoms with Gasteiger partial charge in [0.05, 0.1) is 15.7 Å². The van der Waals surface area contributed by atoms with Gasteiger partial charge in [-0.25, -0.2) is 4.68 Å². The summed E-state index contributed by atoms with van der Waals surface area (Å²) in [6.07, 6.45) is 0. The van der Waals surface area contributed by atoms with Gasteiger partial charge in [0, 0.05) is 6.92 Å². The SMILES string of the molecule is CC(=O)c1nnn(-c2c(Cl)cccc2Cl)c1C. The number of hydrogen-bond acceptors (Lipinski definition) is 3. The van der Waals surface area contributed by atoms with Crippen molar-refractivity contribution in [2.24, 2.45) is 0 Å². The first-order chi connectivity index (χ1) is 8.02. The van der Waals surface area contributed by atoms with Crippen molar-refractivity contribution in [2.75, 3.05) is 0 Å². The van der Waals surface area contributed by atoms with Crippen LogP contribution >= 0.6 is 23.2 Å². The van der Waals surface area contributed by atoms with Crippen LogP contribution in [0.4, 0.5) is 0 Å². The monoisotopic (exact) mass is 269 g/mol. The smallest absolute Gasteiger partial charge is 0.181 e. The molecule has 1 aromatic heterocycles. The average Bonchev–Trinajstić information content (AvgIpc) is 2.61. The minimum absolute atomic E-state index is 0.142. The van der Waals surface area contributed by atoms with Gasteiger partial charge in [-0.15, -0.1) is 5.10 Å². The predicted molar refractivity (Wildman–Crippen MR) is 66.1 cm³/mol. The van der Waals surface area contributed by atoms with Crippen LogP contribution in [0.5, 0.6) is 0 Å². The van der Waals surface area contributed by atoms with Crippen molar-refractivity contribution in [3.05, 3.63) is 39.6 Å². The molecule has 2 rings (SSSR count). The normalized spacial score (nSPS) is 10.6. The highest BCUT2D eigenvalue weighted by Gasteiger charge is 2.17. The van der Waals surface area contributed by atoms with Gasteiger partial charge in [0.1, 0.15) is 5.69 Å². The Bertz CT molecular complexity index is 572. The molecule has 0 radical (unpaired) electrons. The van der Waals surface area contributed by atoms with Gasteiger partial charge >= 0.3 is 0 Å². The van der Waals surface area contributed by atoms with Gasteiger partial charge < -0.3 is 0 Å². The summed E-state index contributed by atoms with van der Waals surface area (Å²) in [6.45, 7) is 3.19. The second-order valence-corrected chi connectivity index (χ2v) is 4.38. The molecule has 0 aliphatic rings. The van der Waals surface area contributed by atoms with Crippen molar-refractivity contribution in [3.8, 4) is 5.69 Å². The Morgan fingerprint density at radius 3 is 2.35 bits per heavy atom. The number of aromatic nitrogens is 3. The minimum Gasteiger partial charge on any atom is -0.293 e. The summed E-state index contributed by atoms with van der Waals surface area (Å²) in [5, 5.41) is 8.64. The first-order valence-electron chi connectivity index (χ1n) is 4.90. The van der Waals surface area contributed by atoms with E-state index in [1.54, 1.807) is 25.1 Å². The number of para-hydroxylation sites is 1. The predicted octanol–water partition coefficient (Wildman–Crippen LogP) is 3.09. The summed E-state index contributed by atoms with van der Waals surface area (Å²) in [4.78, 5) is 11.3. The highest BCUT2D eigenvalue weighted by atomic mass is 35.5. The van der Waals surface area contributed by atoms with Crippen LogP contribution in [0.25, 0.3) is 5.69 Å². The molecule has 2 aromatic rings. The molecule has 0 bridgehead atoms. The maximum absolute atomic E-state index is 11.3. The number of carbonyl (C=O) groups is 1. The molecule has 6 heteroatoms. The quantitative estimate of drug-likeness (QED) is 0.788. The van der Waals surface area contributed by atoms with Crippen molar-refractivity contribution in [1.29, 1.82) is 0 Å². The van der Waals surface area contributed by atoms with Gasteiger partial charge in [0.15, 0.2) is 11.5 Å². The molecule has 0 atom stereocenters. The maximum atomic E-state index is 11.3. The Balaban J connectivity index is 2.66. The average molecular weight is 270 g/mol. The van der Waals surface area contributed by atoms with Crippen molar-refractivity contribution in [2.45, 2.75) is 13.8 Å². The van der Waals surface area contributed by atoms with E-state index in [0.29, 0.717) is 27.1 Å². The van der Waals surface area contributed by atoms with Gasteiger partial charge in [-0.3, -0.25) is 4.79 Å². The third-order valence-corrected chi connectivity index (χ3v) is 2.99. The standard InChI is InChI=1S/C11H9Cl2N3O/c1-6-10(7(2)17)14-15-16(6)11-8(12)4-3-5-9(11)13/h3-5H,1-2H3. The van der Waals surface area contributed by atoms with Crippen molar-refractivity contribution in [3.63, 3.8) is 0 Å². The van der Waals surface area contributed by atoms with Crippen LogP contribution < -0.4 is 0 Å². The number of rotatable bonds is 2. The molecule has 0 aliphatic carbocycles. The third-order valence-electron chi connectivity index (χ3n) is 2.38. The molecule has 0 amide bonds. The van der Waals surface area contributed by atoms with Gasteiger partial charge in [-0.1, -0.05) is 34.5 Å². The van der Waals surface area contributed by atoms with E-state index in [-0.39, 0.29) is 5.78 Å². The van der Waals surface area contributed by atoms with Gasteiger partial charge in [-0.2, -0.15) is 0 Å². The number of hydrogen-bond donors (Lipinski definition) is 0. The lowest BCUT2D eigenvalue weighted by Gasteiger charge is -2.07. The zero-order valence-corrected chi connectivity index (χ0v) is 10.7. The Morgan fingerprint density at radius 2 is 1.88 bits per heavy atom. The molecule has 0 spiro atoms. The molecule has 0 saturated heterocycles. The Morgan fingerprint density at radius 1 is 1.29 bits per heavy atom. The molecule has 0 aliphatic heterocycles. The lowest BCUT2D eigenvalue weighted by atomic mass is 10.2. The summed E-state index contributed by atoms with van der Waals surface area (Å²) < 4.78 is 1.47. The van der Waals surface area contributed by atoms with Crippen LogP contribution in [-0.4, -0.2) is 20.8 Å². The summed E-state index contributed by atoms with van der Waals surface area (Å²) >= 11 is 12.1. The Kier molecular flexibility index (Phi) is 3.17. The molecule has 0 saturated carbocycles. The van der Waals surface area contributed by atoms with Crippen LogP contribution in [0.3, 0.4) is 0 Å². The fourth-order valence-electron chi connectivity index (χ4n) is 1.56.